The lowest BCUT2D eigenvalue weighted by atomic mass is 10.1. The number of methoxy groups -OCH3 is 1. The second-order valence-corrected chi connectivity index (χ2v) is 9.77. The molecule has 0 saturated carbocycles. The summed E-state index contributed by atoms with van der Waals surface area (Å²) in [6, 6.07) is 19.0. The van der Waals surface area contributed by atoms with Gasteiger partial charge in [0.25, 0.3) is 21.8 Å². The van der Waals surface area contributed by atoms with Gasteiger partial charge >= 0.3 is 0 Å². The molecular formula is C25H27N3O5S. The van der Waals surface area contributed by atoms with Crippen LogP contribution >= 0.6 is 0 Å². The van der Waals surface area contributed by atoms with Gasteiger partial charge in [0.05, 0.1) is 28.9 Å². The van der Waals surface area contributed by atoms with Crippen molar-refractivity contribution >= 4 is 33.2 Å². The molecule has 0 fully saturated rings. The predicted octanol–water partition coefficient (Wildman–Crippen LogP) is 3.91. The van der Waals surface area contributed by atoms with Gasteiger partial charge in [-0.3, -0.25) is 13.9 Å². The Bertz CT molecular complexity index is 1290. The first kappa shape index (κ1) is 24.8. The smallest absolute Gasteiger partial charge is 0.264 e. The van der Waals surface area contributed by atoms with E-state index in [4.69, 9.17) is 4.74 Å². The summed E-state index contributed by atoms with van der Waals surface area (Å²) in [5.74, 6) is -0.344. The summed E-state index contributed by atoms with van der Waals surface area (Å²) in [4.78, 5) is 25.2. The molecule has 3 aromatic carbocycles. The maximum Gasteiger partial charge on any atom is 0.264 e. The lowest BCUT2D eigenvalue weighted by Crippen LogP contribution is -2.31. The van der Waals surface area contributed by atoms with Gasteiger partial charge in [-0.25, -0.2) is 8.42 Å². The lowest BCUT2D eigenvalue weighted by Gasteiger charge is -2.21. The Balaban J connectivity index is 1.81. The van der Waals surface area contributed by atoms with Crippen LogP contribution in [0.25, 0.3) is 0 Å². The molecule has 0 aliphatic carbocycles. The molecule has 0 aliphatic rings. The van der Waals surface area contributed by atoms with Crippen LogP contribution in [0.3, 0.4) is 0 Å². The van der Waals surface area contributed by atoms with E-state index in [1.807, 2.05) is 13.8 Å². The second-order valence-electron chi connectivity index (χ2n) is 7.80. The number of benzene rings is 3. The number of anilines is 2. The fourth-order valence-corrected chi connectivity index (χ4v) is 4.49. The van der Waals surface area contributed by atoms with Crippen molar-refractivity contribution in [3.63, 3.8) is 0 Å². The second kappa shape index (κ2) is 10.4. The maximum absolute atomic E-state index is 13.1. The normalized spacial score (nSPS) is 11.1. The van der Waals surface area contributed by atoms with Crippen LogP contribution in [0.2, 0.25) is 0 Å². The highest BCUT2D eigenvalue weighted by Gasteiger charge is 2.24. The molecule has 0 atom stereocenters. The van der Waals surface area contributed by atoms with Crippen molar-refractivity contribution < 1.29 is 22.7 Å². The summed E-state index contributed by atoms with van der Waals surface area (Å²) in [5.41, 5.74) is 1.33. The molecular weight excluding hydrogens is 454 g/mol. The molecule has 2 N–H and O–H groups in total. The van der Waals surface area contributed by atoms with E-state index in [1.165, 1.54) is 38.4 Å². The Morgan fingerprint density at radius 2 is 1.50 bits per heavy atom. The highest BCUT2D eigenvalue weighted by molar-refractivity contribution is 7.92. The molecule has 0 aromatic heterocycles. The van der Waals surface area contributed by atoms with E-state index in [0.29, 0.717) is 22.7 Å². The first-order valence-electron chi connectivity index (χ1n) is 10.6. The van der Waals surface area contributed by atoms with Gasteiger partial charge in [0.15, 0.2) is 0 Å². The summed E-state index contributed by atoms with van der Waals surface area (Å²) in [6.07, 6.45) is 0. The molecule has 3 rings (SSSR count). The van der Waals surface area contributed by atoms with E-state index in [1.54, 1.807) is 48.5 Å². The fraction of sp³-hybridized carbons (Fsp3) is 0.200. The quantitative estimate of drug-likeness (QED) is 0.508. The van der Waals surface area contributed by atoms with Crippen molar-refractivity contribution in [1.29, 1.82) is 0 Å². The Labute approximate surface area is 199 Å². The number of hydrogen-bond acceptors (Lipinski definition) is 5. The van der Waals surface area contributed by atoms with E-state index in [2.05, 4.69) is 10.6 Å². The molecule has 0 heterocycles. The van der Waals surface area contributed by atoms with Crippen molar-refractivity contribution in [2.75, 3.05) is 23.8 Å². The summed E-state index contributed by atoms with van der Waals surface area (Å²) in [7, 11) is -0.980. The van der Waals surface area contributed by atoms with Crippen molar-refractivity contribution in [2.45, 2.75) is 24.8 Å². The largest absolute Gasteiger partial charge is 0.495 e. The Kier molecular flexibility index (Phi) is 7.57. The van der Waals surface area contributed by atoms with Gasteiger partial charge in [-0.05, 0) is 62.4 Å². The van der Waals surface area contributed by atoms with Gasteiger partial charge in [0, 0.05) is 18.7 Å². The number of carbonyl (C=O) groups is 2. The predicted molar refractivity (Wildman–Crippen MR) is 132 cm³/mol. The molecule has 0 radical (unpaired) electrons. The average Bonchev–Trinajstić information content (AvgIpc) is 2.83. The Hall–Kier alpha value is -3.85. The molecule has 0 aliphatic heterocycles. The molecule has 0 spiro atoms. The highest BCUT2D eigenvalue weighted by Crippen LogP contribution is 2.31. The van der Waals surface area contributed by atoms with Crippen LogP contribution in [0.5, 0.6) is 5.75 Å². The fourth-order valence-electron chi connectivity index (χ4n) is 3.28. The van der Waals surface area contributed by atoms with Gasteiger partial charge in [-0.15, -0.1) is 0 Å². The zero-order valence-electron chi connectivity index (χ0n) is 19.4. The maximum atomic E-state index is 13.1. The van der Waals surface area contributed by atoms with E-state index in [9.17, 15) is 18.0 Å². The van der Waals surface area contributed by atoms with Crippen molar-refractivity contribution in [3.8, 4) is 5.75 Å². The number of para-hydroxylation sites is 3. The molecule has 0 bridgehead atoms. The monoisotopic (exact) mass is 481 g/mol. The topological polar surface area (TPSA) is 105 Å². The van der Waals surface area contributed by atoms with Gasteiger partial charge in [0.2, 0.25) is 0 Å². The summed E-state index contributed by atoms with van der Waals surface area (Å²) in [6.45, 7) is 3.69. The van der Waals surface area contributed by atoms with Gasteiger partial charge in [-0.2, -0.15) is 0 Å². The third-order valence-corrected chi connectivity index (χ3v) is 6.82. The van der Waals surface area contributed by atoms with E-state index in [-0.39, 0.29) is 22.4 Å². The van der Waals surface area contributed by atoms with Gasteiger partial charge in [0.1, 0.15) is 5.75 Å². The zero-order valence-corrected chi connectivity index (χ0v) is 20.2. The highest BCUT2D eigenvalue weighted by atomic mass is 32.2. The minimum Gasteiger partial charge on any atom is -0.495 e. The number of hydrogen-bond donors (Lipinski definition) is 2. The summed E-state index contributed by atoms with van der Waals surface area (Å²) < 4.78 is 32.6. The molecule has 178 valence electrons. The number of rotatable bonds is 8. The van der Waals surface area contributed by atoms with Gasteiger partial charge in [-0.1, -0.05) is 24.3 Å². The molecule has 8 nitrogen and oxygen atoms in total. The first-order valence-corrected chi connectivity index (χ1v) is 12.0. The first-order chi connectivity index (χ1) is 16.1. The van der Waals surface area contributed by atoms with Crippen LogP contribution in [0.1, 0.15) is 34.6 Å². The molecule has 0 saturated heterocycles. The zero-order chi connectivity index (χ0) is 24.9. The number of carbonyl (C=O) groups excluding carboxylic acids is 2. The molecule has 9 heteroatoms. The van der Waals surface area contributed by atoms with Crippen LogP contribution in [0.15, 0.2) is 77.7 Å². The van der Waals surface area contributed by atoms with Gasteiger partial charge < -0.3 is 15.4 Å². The molecule has 3 aromatic rings. The number of sulfonamides is 1. The van der Waals surface area contributed by atoms with Crippen LogP contribution in [-0.4, -0.2) is 40.4 Å². The lowest BCUT2D eigenvalue weighted by molar-refractivity contribution is 0.0944. The Morgan fingerprint density at radius 3 is 2.15 bits per heavy atom. The number of ether oxygens (including phenoxy) is 1. The van der Waals surface area contributed by atoms with Crippen molar-refractivity contribution in [3.05, 3.63) is 83.9 Å². The minimum absolute atomic E-state index is 0.0224. The molecule has 34 heavy (non-hydrogen) atoms. The number of nitrogens with one attached hydrogen (secondary N) is 2. The van der Waals surface area contributed by atoms with Crippen LogP contribution in [0.4, 0.5) is 11.4 Å². The SMILES string of the molecule is COc1ccccc1N(C)S(=O)(=O)c1ccc(C(=O)Nc2ccccc2C(=O)NC(C)C)cc1. The minimum atomic E-state index is -3.89. The van der Waals surface area contributed by atoms with E-state index in [0.717, 1.165) is 4.31 Å². The van der Waals surface area contributed by atoms with Crippen molar-refractivity contribution in [2.24, 2.45) is 0 Å². The Morgan fingerprint density at radius 1 is 0.882 bits per heavy atom. The van der Waals surface area contributed by atoms with Crippen molar-refractivity contribution in [1.82, 2.24) is 5.32 Å². The number of amides is 2. The molecule has 2 amide bonds. The average molecular weight is 482 g/mol. The number of nitrogens with zero attached hydrogens (tertiary/aromatic N) is 1. The standard InChI is InChI=1S/C25H27N3O5S/c1-17(2)26-25(30)20-9-5-6-10-21(20)27-24(29)18-13-15-19(16-14-18)34(31,32)28(3)22-11-7-8-12-23(22)33-4/h5-17H,1-4H3,(H,26,30)(H,27,29). The summed E-state index contributed by atoms with van der Waals surface area (Å²) >= 11 is 0. The summed E-state index contributed by atoms with van der Waals surface area (Å²) in [5, 5.41) is 5.52. The van der Waals surface area contributed by atoms with E-state index >= 15 is 0 Å². The molecule has 0 unspecified atom stereocenters. The van der Waals surface area contributed by atoms with E-state index < -0.39 is 15.9 Å². The van der Waals surface area contributed by atoms with Crippen LogP contribution in [0, 0.1) is 0 Å². The van der Waals surface area contributed by atoms with Crippen LogP contribution < -0.4 is 19.7 Å². The third-order valence-electron chi connectivity index (χ3n) is 5.04. The van der Waals surface area contributed by atoms with Crippen LogP contribution in [-0.2, 0) is 10.0 Å². The third kappa shape index (κ3) is 5.37.